The lowest BCUT2D eigenvalue weighted by Crippen LogP contribution is -2.34. The zero-order valence-corrected chi connectivity index (χ0v) is 8.04. The lowest BCUT2D eigenvalue weighted by atomic mass is 9.98. The van der Waals surface area contributed by atoms with Gasteiger partial charge in [0.2, 0.25) is 0 Å². The summed E-state index contributed by atoms with van der Waals surface area (Å²) in [4.78, 5) is 11.3. The third-order valence-corrected chi connectivity index (χ3v) is 2.44. The number of nitrogens with one attached hydrogen (secondary N) is 1. The number of ether oxygens (including phenoxy) is 1. The highest BCUT2D eigenvalue weighted by Gasteiger charge is 2.23. The summed E-state index contributed by atoms with van der Waals surface area (Å²) in [7, 11) is 1.41. The number of hydrogen-bond acceptors (Lipinski definition) is 3. The number of anilines is 1. The van der Waals surface area contributed by atoms with E-state index in [0.717, 1.165) is 24.1 Å². The molecular weight excluding hydrogens is 178 g/mol. The summed E-state index contributed by atoms with van der Waals surface area (Å²) in [6, 6.07) is 8.70. The Balaban J connectivity index is 2.17. The Morgan fingerprint density at radius 3 is 3.36 bits per heavy atom. The van der Waals surface area contributed by atoms with E-state index in [1.54, 1.807) is 0 Å². The lowest BCUT2D eigenvalue weighted by Gasteiger charge is -2.24. The molecule has 0 amide bonds. The van der Waals surface area contributed by atoms with E-state index >= 15 is 0 Å². The molecule has 1 aliphatic rings. The molecule has 1 atom stereocenters. The highest BCUT2D eigenvalue weighted by atomic mass is 16.5. The predicted molar refractivity (Wildman–Crippen MR) is 53.0 cm³/mol. The molecule has 0 aliphatic carbocycles. The maximum atomic E-state index is 11.3. The topological polar surface area (TPSA) is 38.3 Å². The van der Waals surface area contributed by atoms with Crippen LogP contribution in [0.2, 0.25) is 0 Å². The number of hydrogen-bond donors (Lipinski definition) is 1. The fourth-order valence-corrected chi connectivity index (χ4v) is 1.68. The molecule has 1 N–H and O–H groups in total. The van der Waals surface area contributed by atoms with E-state index in [4.69, 9.17) is 4.74 Å². The maximum absolute atomic E-state index is 11.3. The first kappa shape index (κ1) is 9.06. The van der Waals surface area contributed by atoms with Gasteiger partial charge in [0.05, 0.1) is 7.11 Å². The molecule has 1 unspecified atom stereocenters. The van der Waals surface area contributed by atoms with Gasteiger partial charge in [-0.2, -0.15) is 0 Å². The molecule has 1 heterocycles. The highest BCUT2D eigenvalue weighted by molar-refractivity contribution is 5.80. The highest BCUT2D eigenvalue weighted by Crippen LogP contribution is 2.24. The zero-order chi connectivity index (χ0) is 9.97. The minimum Gasteiger partial charge on any atom is -0.467 e. The summed E-state index contributed by atoms with van der Waals surface area (Å²) in [5.74, 6) is -0.195. The van der Waals surface area contributed by atoms with Crippen molar-refractivity contribution in [3.63, 3.8) is 0 Å². The fraction of sp³-hybridized carbons (Fsp3) is 0.364. The summed E-state index contributed by atoms with van der Waals surface area (Å²) in [5, 5.41) is 3.14. The summed E-state index contributed by atoms with van der Waals surface area (Å²) < 4.78 is 4.69. The van der Waals surface area contributed by atoms with Crippen molar-refractivity contribution < 1.29 is 9.53 Å². The van der Waals surface area contributed by atoms with Crippen LogP contribution >= 0.6 is 0 Å². The fourth-order valence-electron chi connectivity index (χ4n) is 1.68. The Morgan fingerprint density at radius 1 is 1.71 bits per heavy atom. The van der Waals surface area contributed by atoms with Gasteiger partial charge < -0.3 is 10.1 Å². The SMILES string of the molecule is COC(=O)C1CCc2[c]cccc2N1. The molecule has 14 heavy (non-hydrogen) atoms. The molecule has 0 aromatic heterocycles. The van der Waals surface area contributed by atoms with E-state index in [-0.39, 0.29) is 12.0 Å². The predicted octanol–water partition coefficient (Wildman–Crippen LogP) is 1.39. The summed E-state index contributed by atoms with van der Waals surface area (Å²) in [6.45, 7) is 0. The second kappa shape index (κ2) is 3.70. The Kier molecular flexibility index (Phi) is 2.39. The Labute approximate surface area is 83.1 Å². The summed E-state index contributed by atoms with van der Waals surface area (Å²) in [5.41, 5.74) is 2.14. The number of carbonyl (C=O) groups is 1. The number of benzene rings is 1. The lowest BCUT2D eigenvalue weighted by molar-refractivity contribution is -0.141. The maximum Gasteiger partial charge on any atom is 0.328 e. The van der Waals surface area contributed by atoms with Gasteiger partial charge in [-0.05, 0) is 30.5 Å². The van der Waals surface area contributed by atoms with E-state index in [9.17, 15) is 4.79 Å². The van der Waals surface area contributed by atoms with Gasteiger partial charge in [-0.3, -0.25) is 0 Å². The van der Waals surface area contributed by atoms with Crippen molar-refractivity contribution in [1.82, 2.24) is 0 Å². The van der Waals surface area contributed by atoms with Gasteiger partial charge in [0.25, 0.3) is 0 Å². The molecule has 3 heteroatoms. The zero-order valence-electron chi connectivity index (χ0n) is 8.04. The monoisotopic (exact) mass is 190 g/mol. The third kappa shape index (κ3) is 1.58. The average molecular weight is 190 g/mol. The first-order chi connectivity index (χ1) is 6.81. The molecule has 1 radical (unpaired) electrons. The minimum atomic E-state index is -0.205. The minimum absolute atomic E-state index is 0.195. The molecule has 3 nitrogen and oxygen atoms in total. The molecular formula is C11H12NO2. The summed E-state index contributed by atoms with van der Waals surface area (Å²) in [6.07, 6.45) is 1.66. The van der Waals surface area contributed by atoms with Gasteiger partial charge in [-0.15, -0.1) is 0 Å². The smallest absolute Gasteiger partial charge is 0.328 e. The number of aryl methyl sites for hydroxylation is 1. The van der Waals surface area contributed by atoms with Crippen LogP contribution in [-0.4, -0.2) is 19.1 Å². The van der Waals surface area contributed by atoms with Crippen LogP contribution in [0.4, 0.5) is 5.69 Å². The van der Waals surface area contributed by atoms with Crippen LogP contribution < -0.4 is 5.32 Å². The van der Waals surface area contributed by atoms with Gasteiger partial charge in [0, 0.05) is 5.69 Å². The number of carbonyl (C=O) groups excluding carboxylic acids is 1. The number of fused-ring (bicyclic) bond motifs is 1. The van der Waals surface area contributed by atoms with Crippen molar-refractivity contribution in [3.8, 4) is 0 Å². The van der Waals surface area contributed by atoms with Crippen LogP contribution in [0, 0.1) is 6.07 Å². The Bertz CT molecular complexity index is 349. The van der Waals surface area contributed by atoms with Crippen LogP contribution in [0.5, 0.6) is 0 Å². The molecule has 0 fully saturated rings. The van der Waals surface area contributed by atoms with Gasteiger partial charge in [-0.1, -0.05) is 12.1 Å². The van der Waals surface area contributed by atoms with Crippen molar-refractivity contribution in [1.29, 1.82) is 0 Å². The van der Waals surface area contributed by atoms with Gasteiger partial charge in [0.1, 0.15) is 6.04 Å². The van der Waals surface area contributed by atoms with Crippen molar-refractivity contribution in [2.24, 2.45) is 0 Å². The van der Waals surface area contributed by atoms with E-state index < -0.39 is 0 Å². The molecule has 0 bridgehead atoms. The van der Waals surface area contributed by atoms with Crippen LogP contribution in [0.15, 0.2) is 18.2 Å². The van der Waals surface area contributed by atoms with Crippen LogP contribution in [0.3, 0.4) is 0 Å². The first-order valence-corrected chi connectivity index (χ1v) is 4.65. The molecule has 0 saturated carbocycles. The van der Waals surface area contributed by atoms with Gasteiger partial charge in [-0.25, -0.2) is 4.79 Å². The molecule has 0 spiro atoms. The van der Waals surface area contributed by atoms with Crippen molar-refractivity contribution >= 4 is 11.7 Å². The average Bonchev–Trinajstić information content (AvgIpc) is 2.27. The Hall–Kier alpha value is -1.51. The van der Waals surface area contributed by atoms with E-state index in [2.05, 4.69) is 11.4 Å². The van der Waals surface area contributed by atoms with Crippen molar-refractivity contribution in [2.75, 3.05) is 12.4 Å². The summed E-state index contributed by atoms with van der Waals surface area (Å²) >= 11 is 0. The second-order valence-electron chi connectivity index (χ2n) is 3.32. The Morgan fingerprint density at radius 2 is 2.57 bits per heavy atom. The van der Waals surface area contributed by atoms with Crippen LogP contribution in [0.25, 0.3) is 0 Å². The largest absolute Gasteiger partial charge is 0.467 e. The molecule has 1 aliphatic heterocycles. The standard InChI is InChI=1S/C11H12NO2/c1-14-11(13)10-7-6-8-4-2-3-5-9(8)12-10/h2-3,5,10,12H,6-7H2,1H3. The molecule has 1 aromatic rings. The van der Waals surface area contributed by atoms with Crippen molar-refractivity contribution in [3.05, 3.63) is 29.8 Å². The number of rotatable bonds is 1. The second-order valence-corrected chi connectivity index (χ2v) is 3.32. The number of esters is 1. The molecule has 0 saturated heterocycles. The van der Waals surface area contributed by atoms with Crippen LogP contribution in [-0.2, 0) is 16.0 Å². The van der Waals surface area contributed by atoms with Gasteiger partial charge >= 0.3 is 5.97 Å². The molecule has 1 aromatic carbocycles. The third-order valence-electron chi connectivity index (χ3n) is 2.44. The number of methoxy groups -OCH3 is 1. The molecule has 2 rings (SSSR count). The van der Waals surface area contributed by atoms with Crippen molar-refractivity contribution in [2.45, 2.75) is 18.9 Å². The normalized spacial score (nSPS) is 19.4. The van der Waals surface area contributed by atoms with Gasteiger partial charge in [0.15, 0.2) is 0 Å². The molecule has 73 valence electrons. The first-order valence-electron chi connectivity index (χ1n) is 4.65. The van der Waals surface area contributed by atoms with E-state index in [0.29, 0.717) is 0 Å². The van der Waals surface area contributed by atoms with E-state index in [1.807, 2.05) is 18.2 Å². The quantitative estimate of drug-likeness (QED) is 0.680. The van der Waals surface area contributed by atoms with Crippen LogP contribution in [0.1, 0.15) is 12.0 Å². The van der Waals surface area contributed by atoms with E-state index in [1.165, 1.54) is 7.11 Å².